The first-order valence-corrected chi connectivity index (χ1v) is 7.26. The zero-order valence-electron chi connectivity index (χ0n) is 11.9. The summed E-state index contributed by atoms with van der Waals surface area (Å²) in [7, 11) is 0. The molecule has 1 N–H and O–H groups in total. The molecular weight excluding hydrogens is 256 g/mol. The molecule has 0 aliphatic carbocycles. The van der Waals surface area contributed by atoms with E-state index < -0.39 is 0 Å². The summed E-state index contributed by atoms with van der Waals surface area (Å²) >= 11 is 0. The number of nitro benzene ring substituents is 1. The highest BCUT2D eigenvalue weighted by molar-refractivity contribution is 5.35. The summed E-state index contributed by atoms with van der Waals surface area (Å²) in [5, 5.41) is 14.3. The molecule has 1 saturated heterocycles. The van der Waals surface area contributed by atoms with E-state index in [2.05, 4.69) is 12.2 Å². The van der Waals surface area contributed by atoms with Gasteiger partial charge in [0.1, 0.15) is 0 Å². The number of nitrogens with zero attached hydrogens (tertiary/aromatic N) is 1. The summed E-state index contributed by atoms with van der Waals surface area (Å²) < 4.78 is 5.36. The number of ether oxygens (including phenoxy) is 1. The zero-order valence-corrected chi connectivity index (χ0v) is 11.9. The zero-order chi connectivity index (χ0) is 14.4. The predicted octanol–water partition coefficient (Wildman–Crippen LogP) is 3.06. The van der Waals surface area contributed by atoms with E-state index in [1.54, 1.807) is 12.1 Å². The fourth-order valence-electron chi connectivity index (χ4n) is 2.63. The molecule has 5 nitrogen and oxygen atoms in total. The third-order valence-electron chi connectivity index (χ3n) is 3.86. The lowest BCUT2D eigenvalue weighted by Gasteiger charge is -2.18. The van der Waals surface area contributed by atoms with Crippen LogP contribution in [0.25, 0.3) is 0 Å². The lowest BCUT2D eigenvalue weighted by molar-refractivity contribution is -0.384. The highest BCUT2D eigenvalue weighted by Crippen LogP contribution is 2.22. The van der Waals surface area contributed by atoms with E-state index in [-0.39, 0.29) is 16.7 Å². The summed E-state index contributed by atoms with van der Waals surface area (Å²) in [6.07, 6.45) is 3.17. The van der Waals surface area contributed by atoms with Crippen LogP contribution in [0.2, 0.25) is 0 Å². The van der Waals surface area contributed by atoms with Crippen molar-refractivity contribution in [3.8, 4) is 0 Å². The highest BCUT2D eigenvalue weighted by atomic mass is 16.6. The van der Waals surface area contributed by atoms with Gasteiger partial charge in [0.15, 0.2) is 0 Å². The number of nitrogens with one attached hydrogen (secondary N) is 1. The second-order valence-corrected chi connectivity index (χ2v) is 5.29. The molecule has 1 aliphatic rings. The Bertz CT molecular complexity index is 444. The monoisotopic (exact) mass is 278 g/mol. The number of rotatable bonds is 7. The van der Waals surface area contributed by atoms with Crippen LogP contribution < -0.4 is 5.32 Å². The average molecular weight is 278 g/mol. The first-order chi connectivity index (χ1) is 9.70. The van der Waals surface area contributed by atoms with Crippen LogP contribution in [0, 0.1) is 16.0 Å². The van der Waals surface area contributed by atoms with Gasteiger partial charge in [-0.15, -0.1) is 0 Å². The number of benzene rings is 1. The third-order valence-corrected chi connectivity index (χ3v) is 3.86. The summed E-state index contributed by atoms with van der Waals surface area (Å²) in [5.41, 5.74) is 1.15. The minimum Gasteiger partial charge on any atom is -0.381 e. The van der Waals surface area contributed by atoms with Gasteiger partial charge in [-0.3, -0.25) is 10.1 Å². The molecule has 0 amide bonds. The topological polar surface area (TPSA) is 64.4 Å². The van der Waals surface area contributed by atoms with Gasteiger partial charge in [-0.1, -0.05) is 19.1 Å². The maximum atomic E-state index is 10.8. The average Bonchev–Trinajstić information content (AvgIpc) is 2.97. The Labute approximate surface area is 119 Å². The second kappa shape index (κ2) is 7.36. The number of nitro groups is 1. The van der Waals surface area contributed by atoms with Crippen molar-refractivity contribution >= 4 is 5.69 Å². The fraction of sp³-hybridized carbons (Fsp3) is 0.600. The maximum absolute atomic E-state index is 10.8. The van der Waals surface area contributed by atoms with E-state index in [9.17, 15) is 10.1 Å². The Morgan fingerprint density at radius 2 is 2.40 bits per heavy atom. The van der Waals surface area contributed by atoms with Crippen LogP contribution in [-0.4, -0.2) is 24.7 Å². The van der Waals surface area contributed by atoms with Crippen molar-refractivity contribution in [3.05, 3.63) is 39.9 Å². The molecular formula is C15H22N2O3. The molecule has 0 aromatic heterocycles. The molecule has 1 heterocycles. The van der Waals surface area contributed by atoms with Crippen LogP contribution >= 0.6 is 0 Å². The van der Waals surface area contributed by atoms with Crippen molar-refractivity contribution in [1.82, 2.24) is 5.32 Å². The van der Waals surface area contributed by atoms with Crippen LogP contribution in [0.15, 0.2) is 24.3 Å². The first-order valence-electron chi connectivity index (χ1n) is 7.26. The molecule has 2 rings (SSSR count). The highest BCUT2D eigenvalue weighted by Gasteiger charge is 2.17. The van der Waals surface area contributed by atoms with Gasteiger partial charge in [0.2, 0.25) is 0 Å². The van der Waals surface area contributed by atoms with Crippen molar-refractivity contribution in [2.75, 3.05) is 19.8 Å². The molecule has 0 radical (unpaired) electrons. The van der Waals surface area contributed by atoms with E-state index in [0.717, 1.165) is 44.6 Å². The molecule has 20 heavy (non-hydrogen) atoms. The largest absolute Gasteiger partial charge is 0.381 e. The smallest absolute Gasteiger partial charge is 0.269 e. The Kier molecular flexibility index (Phi) is 5.49. The molecule has 1 aliphatic heterocycles. The van der Waals surface area contributed by atoms with Gasteiger partial charge in [0.25, 0.3) is 5.69 Å². The Hall–Kier alpha value is -1.46. The van der Waals surface area contributed by atoms with E-state index in [4.69, 9.17) is 4.74 Å². The van der Waals surface area contributed by atoms with Crippen molar-refractivity contribution in [2.24, 2.45) is 5.92 Å². The van der Waals surface area contributed by atoms with E-state index in [1.165, 1.54) is 6.07 Å². The SMILES string of the molecule is CCC(NCCC1CCOC1)c1cccc([N+](=O)[O-])c1. The molecule has 0 saturated carbocycles. The third kappa shape index (κ3) is 4.02. The summed E-state index contributed by atoms with van der Waals surface area (Å²) in [5.74, 6) is 0.658. The molecule has 2 unspecified atom stereocenters. The quantitative estimate of drug-likeness (QED) is 0.615. The van der Waals surface area contributed by atoms with Crippen LogP contribution in [0.5, 0.6) is 0 Å². The maximum Gasteiger partial charge on any atom is 0.269 e. The molecule has 1 aromatic rings. The van der Waals surface area contributed by atoms with Crippen LogP contribution in [0.1, 0.15) is 37.8 Å². The van der Waals surface area contributed by atoms with E-state index in [1.807, 2.05) is 6.07 Å². The van der Waals surface area contributed by atoms with Gasteiger partial charge in [-0.25, -0.2) is 0 Å². The second-order valence-electron chi connectivity index (χ2n) is 5.29. The van der Waals surface area contributed by atoms with Crippen molar-refractivity contribution in [3.63, 3.8) is 0 Å². The molecule has 5 heteroatoms. The van der Waals surface area contributed by atoms with Crippen LogP contribution in [-0.2, 0) is 4.74 Å². The van der Waals surface area contributed by atoms with Gasteiger partial charge >= 0.3 is 0 Å². The van der Waals surface area contributed by atoms with Crippen LogP contribution in [0.4, 0.5) is 5.69 Å². The van der Waals surface area contributed by atoms with Crippen LogP contribution in [0.3, 0.4) is 0 Å². The predicted molar refractivity (Wildman–Crippen MR) is 77.7 cm³/mol. The summed E-state index contributed by atoms with van der Waals surface area (Å²) in [4.78, 5) is 10.5. The molecule has 0 spiro atoms. The number of hydrogen-bond acceptors (Lipinski definition) is 4. The molecule has 1 aromatic carbocycles. The normalized spacial score (nSPS) is 19.9. The minimum atomic E-state index is -0.341. The van der Waals surface area contributed by atoms with Gasteiger partial charge in [-0.2, -0.15) is 0 Å². The van der Waals surface area contributed by atoms with Crippen molar-refractivity contribution in [2.45, 2.75) is 32.2 Å². The summed E-state index contributed by atoms with van der Waals surface area (Å²) in [6, 6.07) is 7.08. The van der Waals surface area contributed by atoms with Crippen molar-refractivity contribution in [1.29, 1.82) is 0 Å². The Morgan fingerprint density at radius 3 is 3.05 bits per heavy atom. The van der Waals surface area contributed by atoms with E-state index >= 15 is 0 Å². The molecule has 1 fully saturated rings. The van der Waals surface area contributed by atoms with Gasteiger partial charge in [0, 0.05) is 31.4 Å². The van der Waals surface area contributed by atoms with E-state index in [0.29, 0.717) is 5.92 Å². The Morgan fingerprint density at radius 1 is 1.55 bits per heavy atom. The van der Waals surface area contributed by atoms with Gasteiger partial charge < -0.3 is 10.1 Å². The lowest BCUT2D eigenvalue weighted by atomic mass is 10.0. The van der Waals surface area contributed by atoms with Crippen molar-refractivity contribution < 1.29 is 9.66 Å². The summed E-state index contributed by atoms with van der Waals surface area (Å²) in [6.45, 7) is 4.77. The molecule has 110 valence electrons. The fourth-order valence-corrected chi connectivity index (χ4v) is 2.63. The number of hydrogen-bond donors (Lipinski definition) is 1. The van der Waals surface area contributed by atoms with Gasteiger partial charge in [-0.05, 0) is 37.3 Å². The first kappa shape index (κ1) is 14.9. The minimum absolute atomic E-state index is 0.159. The standard InChI is InChI=1S/C15H22N2O3/c1-2-15(16-8-6-12-7-9-20-11-12)13-4-3-5-14(10-13)17(18)19/h3-5,10,12,15-16H,2,6-9,11H2,1H3. The number of non-ortho nitro benzene ring substituents is 1. The molecule has 0 bridgehead atoms. The Balaban J connectivity index is 1.89. The lowest BCUT2D eigenvalue weighted by Crippen LogP contribution is -2.23. The van der Waals surface area contributed by atoms with Gasteiger partial charge in [0.05, 0.1) is 4.92 Å². The molecule has 2 atom stereocenters.